The SMILES string of the molecule is C=CCOc1c(I)cc(/C=c2\sc3n(c2=O)[C@H](c2ccc(C(C)C)cc2)C(C(=O)OCC)=C(C)N=3)cc1I. The molecule has 0 fully saturated rings. The van der Waals surface area contributed by atoms with Crippen molar-refractivity contribution in [3.8, 4) is 5.75 Å². The summed E-state index contributed by atoms with van der Waals surface area (Å²) in [6.45, 7) is 12.2. The maximum atomic E-state index is 13.9. The Hall–Kier alpha value is -2.25. The van der Waals surface area contributed by atoms with Gasteiger partial charge in [-0.05, 0) is 99.8 Å². The molecule has 0 aliphatic carbocycles. The summed E-state index contributed by atoms with van der Waals surface area (Å²) in [4.78, 5) is 32.2. The lowest BCUT2D eigenvalue weighted by molar-refractivity contribution is -0.139. The van der Waals surface area contributed by atoms with Crippen LogP contribution in [0.1, 0.15) is 56.3 Å². The van der Waals surface area contributed by atoms with E-state index >= 15 is 0 Å². The second kappa shape index (κ2) is 12.3. The maximum Gasteiger partial charge on any atom is 0.338 e. The first kappa shape index (κ1) is 28.8. The Balaban J connectivity index is 1.88. The third kappa shape index (κ3) is 5.84. The van der Waals surface area contributed by atoms with Gasteiger partial charge < -0.3 is 9.47 Å². The van der Waals surface area contributed by atoms with Crippen molar-refractivity contribution in [2.75, 3.05) is 13.2 Å². The van der Waals surface area contributed by atoms with E-state index in [2.05, 4.69) is 70.6 Å². The van der Waals surface area contributed by atoms with Gasteiger partial charge in [-0.25, -0.2) is 9.79 Å². The standard InChI is InChI=1S/C29H28I2N2O4S/c1-6-12-37-26-21(30)13-18(14-22(26)31)15-23-27(34)33-25(20-10-8-19(9-11-20)16(3)4)24(28(35)36-7-2)17(5)32-29(33)38-23/h6,8-11,13-16,25H,1,7,12H2,2-5H3/b23-15-/t25-/m1/s1. The quantitative estimate of drug-likeness (QED) is 0.168. The van der Waals surface area contributed by atoms with Crippen LogP contribution < -0.4 is 19.6 Å². The zero-order valence-corrected chi connectivity index (χ0v) is 26.7. The number of ether oxygens (including phenoxy) is 2. The van der Waals surface area contributed by atoms with Crippen LogP contribution in [0.25, 0.3) is 6.08 Å². The molecule has 1 aliphatic heterocycles. The first-order valence-electron chi connectivity index (χ1n) is 12.2. The van der Waals surface area contributed by atoms with E-state index in [0.717, 1.165) is 24.0 Å². The second-order valence-electron chi connectivity index (χ2n) is 9.04. The summed E-state index contributed by atoms with van der Waals surface area (Å²) < 4.78 is 15.2. The van der Waals surface area contributed by atoms with Gasteiger partial charge in [0.05, 0.1) is 35.6 Å². The first-order valence-corrected chi connectivity index (χ1v) is 15.2. The lowest BCUT2D eigenvalue weighted by atomic mass is 9.93. The molecule has 0 saturated heterocycles. The Kier molecular flexibility index (Phi) is 9.30. The molecule has 6 nitrogen and oxygen atoms in total. The smallest absolute Gasteiger partial charge is 0.338 e. The Bertz CT molecular complexity index is 1580. The minimum atomic E-state index is -0.622. The van der Waals surface area contributed by atoms with Crippen molar-refractivity contribution < 1.29 is 14.3 Å². The van der Waals surface area contributed by atoms with Crippen LogP contribution in [0, 0.1) is 7.14 Å². The highest BCUT2D eigenvalue weighted by Crippen LogP contribution is 2.32. The number of carbonyl (C=O) groups excluding carboxylic acids is 1. The maximum absolute atomic E-state index is 13.9. The fourth-order valence-corrected chi connectivity index (χ4v) is 7.44. The molecule has 0 bridgehead atoms. The zero-order valence-electron chi connectivity index (χ0n) is 21.6. The van der Waals surface area contributed by atoms with Gasteiger partial charge in [-0.15, -0.1) is 0 Å². The highest BCUT2D eigenvalue weighted by atomic mass is 127. The number of carbonyl (C=O) groups is 1. The molecule has 0 saturated carbocycles. The van der Waals surface area contributed by atoms with Gasteiger partial charge in [-0.1, -0.05) is 62.1 Å². The number of benzene rings is 2. The fraction of sp³-hybridized carbons (Fsp3) is 0.276. The second-order valence-corrected chi connectivity index (χ2v) is 12.4. The largest absolute Gasteiger partial charge is 0.487 e. The minimum Gasteiger partial charge on any atom is -0.487 e. The van der Waals surface area contributed by atoms with Crippen molar-refractivity contribution in [1.29, 1.82) is 0 Å². The van der Waals surface area contributed by atoms with Crippen molar-refractivity contribution >= 4 is 68.6 Å². The van der Waals surface area contributed by atoms with Gasteiger partial charge in [-0.3, -0.25) is 9.36 Å². The molecule has 0 N–H and O–H groups in total. The number of hydrogen-bond donors (Lipinski definition) is 0. The Labute approximate surface area is 253 Å². The molecule has 0 unspecified atom stereocenters. The van der Waals surface area contributed by atoms with Crippen molar-refractivity contribution in [2.45, 2.75) is 39.7 Å². The lowest BCUT2D eigenvalue weighted by Gasteiger charge is -2.25. The van der Waals surface area contributed by atoms with Gasteiger partial charge >= 0.3 is 5.97 Å². The number of thiazole rings is 1. The van der Waals surface area contributed by atoms with Crippen LogP contribution in [-0.4, -0.2) is 23.8 Å². The molecule has 198 valence electrons. The summed E-state index contributed by atoms with van der Waals surface area (Å²) in [7, 11) is 0. The van der Waals surface area contributed by atoms with E-state index in [0.29, 0.717) is 33.1 Å². The average Bonchev–Trinajstić information content (AvgIpc) is 3.17. The highest BCUT2D eigenvalue weighted by molar-refractivity contribution is 14.1. The average molecular weight is 754 g/mol. The van der Waals surface area contributed by atoms with E-state index < -0.39 is 12.0 Å². The van der Waals surface area contributed by atoms with Gasteiger partial charge in [-0.2, -0.15) is 0 Å². The number of fused-ring (bicyclic) bond motifs is 1. The molecule has 3 aromatic rings. The fourth-order valence-electron chi connectivity index (χ4n) is 4.26. The van der Waals surface area contributed by atoms with E-state index in [1.807, 2.05) is 42.5 Å². The molecular weight excluding hydrogens is 726 g/mol. The summed E-state index contributed by atoms with van der Waals surface area (Å²) in [5.41, 5.74) is 3.65. The molecule has 1 aromatic heterocycles. The van der Waals surface area contributed by atoms with Gasteiger partial charge in [0, 0.05) is 0 Å². The van der Waals surface area contributed by atoms with Gasteiger partial charge in [0.15, 0.2) is 4.80 Å². The van der Waals surface area contributed by atoms with E-state index in [9.17, 15) is 9.59 Å². The van der Waals surface area contributed by atoms with Crippen LogP contribution in [0.15, 0.2) is 70.1 Å². The molecule has 0 amide bonds. The molecule has 1 aliphatic rings. The third-order valence-electron chi connectivity index (χ3n) is 6.10. The Morgan fingerprint density at radius 3 is 2.45 bits per heavy atom. The summed E-state index contributed by atoms with van der Waals surface area (Å²) >= 11 is 5.79. The molecule has 2 aromatic carbocycles. The normalized spacial score (nSPS) is 15.3. The molecule has 1 atom stereocenters. The van der Waals surface area contributed by atoms with Gasteiger partial charge in [0.1, 0.15) is 12.4 Å². The lowest BCUT2D eigenvalue weighted by Crippen LogP contribution is -2.39. The number of halogens is 2. The summed E-state index contributed by atoms with van der Waals surface area (Å²) in [6.07, 6.45) is 3.58. The molecule has 9 heteroatoms. The van der Waals surface area contributed by atoms with E-state index in [1.165, 1.54) is 16.9 Å². The van der Waals surface area contributed by atoms with Crippen LogP contribution >= 0.6 is 56.5 Å². The van der Waals surface area contributed by atoms with E-state index in [1.54, 1.807) is 24.5 Å². The molecule has 0 radical (unpaired) electrons. The van der Waals surface area contributed by atoms with Crippen molar-refractivity contribution in [1.82, 2.24) is 4.57 Å². The Morgan fingerprint density at radius 2 is 1.87 bits per heavy atom. The molecule has 38 heavy (non-hydrogen) atoms. The zero-order chi connectivity index (χ0) is 27.6. The molecule has 0 spiro atoms. The van der Waals surface area contributed by atoms with Crippen molar-refractivity contribution in [3.05, 3.63) is 104 Å². The summed E-state index contributed by atoms with van der Waals surface area (Å²) in [6, 6.07) is 11.4. The van der Waals surface area contributed by atoms with Crippen LogP contribution in [0.3, 0.4) is 0 Å². The van der Waals surface area contributed by atoms with E-state index in [4.69, 9.17) is 9.47 Å². The van der Waals surface area contributed by atoms with E-state index in [-0.39, 0.29) is 12.2 Å². The van der Waals surface area contributed by atoms with Crippen LogP contribution in [0.5, 0.6) is 5.75 Å². The number of hydrogen-bond acceptors (Lipinski definition) is 6. The predicted molar refractivity (Wildman–Crippen MR) is 168 cm³/mol. The first-order chi connectivity index (χ1) is 18.2. The summed E-state index contributed by atoms with van der Waals surface area (Å²) in [5, 5.41) is 0. The predicted octanol–water partition coefficient (Wildman–Crippen LogP) is 5.70. The van der Waals surface area contributed by atoms with Crippen molar-refractivity contribution in [3.63, 3.8) is 0 Å². The monoisotopic (exact) mass is 754 g/mol. The number of aromatic nitrogens is 1. The Morgan fingerprint density at radius 1 is 1.21 bits per heavy atom. The van der Waals surface area contributed by atoms with Gasteiger partial charge in [0.25, 0.3) is 5.56 Å². The minimum absolute atomic E-state index is 0.196. The number of allylic oxidation sites excluding steroid dienone is 1. The molecule has 2 heterocycles. The van der Waals surface area contributed by atoms with Crippen molar-refractivity contribution in [2.24, 2.45) is 4.99 Å². The topological polar surface area (TPSA) is 69.9 Å². The summed E-state index contributed by atoms with van der Waals surface area (Å²) in [5.74, 6) is 0.705. The third-order valence-corrected chi connectivity index (χ3v) is 8.69. The van der Waals surface area contributed by atoms with Crippen LogP contribution in [0.4, 0.5) is 0 Å². The number of esters is 1. The highest BCUT2D eigenvalue weighted by Gasteiger charge is 2.33. The number of nitrogens with zero attached hydrogens (tertiary/aromatic N) is 2. The molecular formula is C29H28I2N2O4S. The van der Waals surface area contributed by atoms with Crippen LogP contribution in [0.2, 0.25) is 0 Å². The van der Waals surface area contributed by atoms with Gasteiger partial charge in [0.2, 0.25) is 0 Å². The van der Waals surface area contributed by atoms with Crippen LogP contribution in [-0.2, 0) is 9.53 Å². The molecule has 4 rings (SSSR count). The number of rotatable bonds is 8.